The van der Waals surface area contributed by atoms with Gasteiger partial charge in [-0.15, -0.1) is 0 Å². The monoisotopic (exact) mass is 345 g/mol. The second-order valence-corrected chi connectivity index (χ2v) is 6.76. The van der Waals surface area contributed by atoms with Gasteiger partial charge in [-0.2, -0.15) is 5.26 Å². The zero-order valence-electron chi connectivity index (χ0n) is 14.4. The van der Waals surface area contributed by atoms with Gasteiger partial charge in [0.05, 0.1) is 23.4 Å². The van der Waals surface area contributed by atoms with Crippen molar-refractivity contribution in [2.24, 2.45) is 0 Å². The zero-order valence-corrected chi connectivity index (χ0v) is 14.4. The summed E-state index contributed by atoms with van der Waals surface area (Å²) < 4.78 is 5.45. The van der Waals surface area contributed by atoms with Gasteiger partial charge in [0.2, 0.25) is 0 Å². The fourth-order valence-corrected chi connectivity index (χ4v) is 3.62. The molecule has 0 spiro atoms. The molecule has 1 aliphatic carbocycles. The highest BCUT2D eigenvalue weighted by molar-refractivity contribution is 6.07. The van der Waals surface area contributed by atoms with Crippen molar-refractivity contribution in [3.63, 3.8) is 0 Å². The molecule has 1 aromatic carbocycles. The van der Waals surface area contributed by atoms with Crippen LogP contribution in [0.25, 0.3) is 22.4 Å². The number of carbonyl (C=O) groups excluding carboxylic acids is 1. The third-order valence-electron chi connectivity index (χ3n) is 5.01. The molecule has 0 unspecified atom stereocenters. The maximum atomic E-state index is 13.1. The molecule has 1 saturated carbocycles. The molecule has 4 rings (SSSR count). The lowest BCUT2D eigenvalue weighted by molar-refractivity contribution is 0.0904. The van der Waals surface area contributed by atoms with Crippen molar-refractivity contribution < 1.29 is 9.21 Å². The van der Waals surface area contributed by atoms with E-state index in [-0.39, 0.29) is 5.91 Å². The van der Waals surface area contributed by atoms with E-state index in [4.69, 9.17) is 4.42 Å². The molecule has 5 nitrogen and oxygen atoms in total. The summed E-state index contributed by atoms with van der Waals surface area (Å²) in [6.07, 6.45) is 6.01. The lowest BCUT2D eigenvalue weighted by Crippen LogP contribution is -2.48. The molecular formula is C21H19N3O2. The van der Waals surface area contributed by atoms with Gasteiger partial charge < -0.3 is 9.73 Å². The molecule has 26 heavy (non-hydrogen) atoms. The van der Waals surface area contributed by atoms with Crippen molar-refractivity contribution in [2.45, 2.75) is 37.6 Å². The molecule has 1 aliphatic rings. The van der Waals surface area contributed by atoms with E-state index >= 15 is 0 Å². The molecule has 0 radical (unpaired) electrons. The topological polar surface area (TPSA) is 78.9 Å². The summed E-state index contributed by atoms with van der Waals surface area (Å²) >= 11 is 0. The van der Waals surface area contributed by atoms with E-state index in [0.717, 1.165) is 30.2 Å². The summed E-state index contributed by atoms with van der Waals surface area (Å²) in [6, 6.07) is 15.2. The van der Waals surface area contributed by atoms with Crippen molar-refractivity contribution in [2.75, 3.05) is 0 Å². The van der Waals surface area contributed by atoms with Crippen LogP contribution in [0.4, 0.5) is 0 Å². The Bertz CT molecular complexity index is 980. The van der Waals surface area contributed by atoms with Gasteiger partial charge in [-0.05, 0) is 37.1 Å². The molecule has 0 bridgehead atoms. The number of nitriles is 1. The van der Waals surface area contributed by atoms with Gasteiger partial charge in [0, 0.05) is 5.39 Å². The highest BCUT2D eigenvalue weighted by atomic mass is 16.3. The number of pyridine rings is 1. The Hall–Kier alpha value is -3.13. The van der Waals surface area contributed by atoms with Crippen molar-refractivity contribution in [3.8, 4) is 17.5 Å². The lowest BCUT2D eigenvalue weighted by atomic mass is 9.82. The Morgan fingerprint density at radius 1 is 1.15 bits per heavy atom. The standard InChI is InChI=1S/C21H19N3O2/c22-14-21(10-4-1-5-11-21)24-20(25)16-13-18(19-9-6-12-26-19)23-17-8-3-2-7-15(16)17/h2-3,6-9,12-13H,1,4-5,10-11H2,(H,24,25). The summed E-state index contributed by atoms with van der Waals surface area (Å²) in [4.78, 5) is 17.7. The van der Waals surface area contributed by atoms with E-state index in [2.05, 4.69) is 16.4 Å². The van der Waals surface area contributed by atoms with Crippen molar-refractivity contribution >= 4 is 16.8 Å². The van der Waals surface area contributed by atoms with Crippen molar-refractivity contribution in [3.05, 3.63) is 54.3 Å². The van der Waals surface area contributed by atoms with Crippen LogP contribution in [0.5, 0.6) is 0 Å². The Morgan fingerprint density at radius 3 is 2.69 bits per heavy atom. The van der Waals surface area contributed by atoms with Gasteiger partial charge in [0.1, 0.15) is 11.2 Å². The number of aromatic nitrogens is 1. The van der Waals surface area contributed by atoms with Crippen LogP contribution in [0.15, 0.2) is 53.1 Å². The molecule has 5 heteroatoms. The minimum absolute atomic E-state index is 0.236. The fourth-order valence-electron chi connectivity index (χ4n) is 3.62. The molecule has 1 amide bonds. The Balaban J connectivity index is 1.77. The van der Waals surface area contributed by atoms with Gasteiger partial charge in [-0.25, -0.2) is 4.98 Å². The van der Waals surface area contributed by atoms with E-state index in [1.54, 1.807) is 18.4 Å². The van der Waals surface area contributed by atoms with Crippen molar-refractivity contribution in [1.82, 2.24) is 10.3 Å². The number of nitrogens with zero attached hydrogens (tertiary/aromatic N) is 2. The van der Waals surface area contributed by atoms with Crippen LogP contribution in [0.2, 0.25) is 0 Å². The first-order valence-corrected chi connectivity index (χ1v) is 8.88. The largest absolute Gasteiger partial charge is 0.463 e. The number of hydrogen-bond donors (Lipinski definition) is 1. The number of fused-ring (bicyclic) bond motifs is 1. The van der Waals surface area contributed by atoms with Crippen molar-refractivity contribution in [1.29, 1.82) is 5.26 Å². The van der Waals surface area contributed by atoms with Gasteiger partial charge >= 0.3 is 0 Å². The molecule has 130 valence electrons. The molecule has 3 aromatic rings. The van der Waals surface area contributed by atoms with Crippen LogP contribution in [0.1, 0.15) is 42.5 Å². The van der Waals surface area contributed by atoms with Crippen LogP contribution in [-0.2, 0) is 0 Å². The summed E-state index contributed by atoms with van der Waals surface area (Å²) in [5.74, 6) is 0.373. The normalized spacial score (nSPS) is 16.1. The summed E-state index contributed by atoms with van der Waals surface area (Å²) in [5, 5.41) is 13.4. The van der Waals surface area contributed by atoms with Crippen LogP contribution < -0.4 is 5.32 Å². The van der Waals surface area contributed by atoms with E-state index < -0.39 is 5.54 Å². The SMILES string of the molecule is N#CC1(NC(=O)c2cc(-c3ccco3)nc3ccccc23)CCCCC1. The third-order valence-corrected chi connectivity index (χ3v) is 5.01. The highest BCUT2D eigenvalue weighted by Crippen LogP contribution is 2.30. The first-order chi connectivity index (χ1) is 12.7. The molecular weight excluding hydrogens is 326 g/mol. The van der Waals surface area contributed by atoms with E-state index in [1.165, 1.54) is 0 Å². The Morgan fingerprint density at radius 2 is 1.96 bits per heavy atom. The van der Waals surface area contributed by atoms with E-state index in [9.17, 15) is 10.1 Å². The number of furan rings is 1. The van der Waals surface area contributed by atoms with Crippen LogP contribution >= 0.6 is 0 Å². The molecule has 2 aromatic heterocycles. The predicted octanol–water partition coefficient (Wildman–Crippen LogP) is 4.45. The third kappa shape index (κ3) is 2.95. The summed E-state index contributed by atoms with van der Waals surface area (Å²) in [6.45, 7) is 0. The minimum atomic E-state index is -0.773. The second kappa shape index (κ2) is 6.64. The average Bonchev–Trinajstić information content (AvgIpc) is 3.22. The smallest absolute Gasteiger partial charge is 0.253 e. The second-order valence-electron chi connectivity index (χ2n) is 6.76. The number of para-hydroxylation sites is 1. The maximum Gasteiger partial charge on any atom is 0.253 e. The molecule has 0 aliphatic heterocycles. The minimum Gasteiger partial charge on any atom is -0.463 e. The summed E-state index contributed by atoms with van der Waals surface area (Å²) in [7, 11) is 0. The maximum absolute atomic E-state index is 13.1. The first kappa shape index (κ1) is 16.3. The number of amides is 1. The van der Waals surface area contributed by atoms with Gasteiger partial charge in [0.15, 0.2) is 5.76 Å². The van der Waals surface area contributed by atoms with E-state index in [0.29, 0.717) is 29.9 Å². The van der Waals surface area contributed by atoms with Crippen LogP contribution in [0, 0.1) is 11.3 Å². The number of rotatable bonds is 3. The number of nitrogens with one attached hydrogen (secondary N) is 1. The van der Waals surface area contributed by atoms with Gasteiger partial charge in [-0.3, -0.25) is 4.79 Å². The van der Waals surface area contributed by atoms with Crippen LogP contribution in [-0.4, -0.2) is 16.4 Å². The first-order valence-electron chi connectivity index (χ1n) is 8.88. The highest BCUT2D eigenvalue weighted by Gasteiger charge is 2.34. The number of benzene rings is 1. The quantitative estimate of drug-likeness (QED) is 0.760. The predicted molar refractivity (Wildman–Crippen MR) is 98.3 cm³/mol. The van der Waals surface area contributed by atoms with Gasteiger partial charge in [-0.1, -0.05) is 37.5 Å². The Kier molecular flexibility index (Phi) is 4.18. The lowest BCUT2D eigenvalue weighted by Gasteiger charge is -2.31. The molecule has 2 heterocycles. The Labute approximate surface area is 151 Å². The number of carbonyl (C=O) groups is 1. The molecule has 0 saturated heterocycles. The van der Waals surface area contributed by atoms with E-state index in [1.807, 2.05) is 30.3 Å². The fraction of sp³-hybridized carbons (Fsp3) is 0.286. The molecule has 1 N–H and O–H groups in total. The molecule has 0 atom stereocenters. The van der Waals surface area contributed by atoms with Gasteiger partial charge in [0.25, 0.3) is 5.91 Å². The number of hydrogen-bond acceptors (Lipinski definition) is 4. The zero-order chi connectivity index (χ0) is 18.0. The molecule has 1 fully saturated rings. The van der Waals surface area contributed by atoms with Crippen LogP contribution in [0.3, 0.4) is 0 Å². The summed E-state index contributed by atoms with van der Waals surface area (Å²) in [5.41, 5.74) is 1.07. The average molecular weight is 345 g/mol.